The van der Waals surface area contributed by atoms with Crippen molar-refractivity contribution in [1.29, 1.82) is 0 Å². The molecule has 0 radical (unpaired) electrons. The zero-order valence-electron chi connectivity index (χ0n) is 15.9. The Labute approximate surface area is 163 Å². The number of nitrogens with zero attached hydrogens (tertiary/aromatic N) is 2. The topological polar surface area (TPSA) is 71.5 Å². The highest BCUT2D eigenvalue weighted by Gasteiger charge is 2.42. The van der Waals surface area contributed by atoms with Gasteiger partial charge in [-0.3, -0.25) is 14.6 Å². The number of rotatable bonds is 6. The minimum atomic E-state index is -1.94. The van der Waals surface area contributed by atoms with Gasteiger partial charge in [-0.15, -0.1) is 0 Å². The number of pyridine rings is 1. The molecular formula is C21H24FN3O3. The Morgan fingerprint density at radius 1 is 1.18 bits per heavy atom. The lowest BCUT2D eigenvalue weighted by atomic mass is 9.92. The molecule has 1 saturated heterocycles. The molecule has 1 aliphatic heterocycles. The van der Waals surface area contributed by atoms with Crippen molar-refractivity contribution in [2.24, 2.45) is 0 Å². The summed E-state index contributed by atoms with van der Waals surface area (Å²) in [6.45, 7) is 0.704. The van der Waals surface area contributed by atoms with Crippen molar-refractivity contribution < 1.29 is 18.7 Å². The average molecular weight is 385 g/mol. The number of alkyl halides is 1. The number of aromatic nitrogens is 1. The fourth-order valence-electron chi connectivity index (χ4n) is 3.25. The molecule has 148 valence electrons. The molecule has 1 aromatic carbocycles. The van der Waals surface area contributed by atoms with E-state index in [0.717, 1.165) is 11.1 Å². The summed E-state index contributed by atoms with van der Waals surface area (Å²) in [5.74, 6) is -0.00529. The van der Waals surface area contributed by atoms with Crippen LogP contribution in [0.15, 0.2) is 48.8 Å². The van der Waals surface area contributed by atoms with Crippen LogP contribution in [-0.4, -0.2) is 47.6 Å². The smallest absolute Gasteiger partial charge is 0.258 e. The molecule has 1 aromatic heterocycles. The van der Waals surface area contributed by atoms with Crippen LogP contribution in [0.1, 0.15) is 24.0 Å². The normalized spacial score (nSPS) is 15.7. The monoisotopic (exact) mass is 385 g/mol. The second-order valence-corrected chi connectivity index (χ2v) is 6.91. The summed E-state index contributed by atoms with van der Waals surface area (Å²) >= 11 is 0. The molecule has 7 heteroatoms. The SMILES string of the molecule is COc1cccc(CC(=O)N2CCC(F)(C(=O)NCc3ccncc3)CC2)c1. The predicted octanol–water partition coefficient (Wildman–Crippen LogP) is 2.28. The van der Waals surface area contributed by atoms with Crippen LogP contribution in [0.4, 0.5) is 4.39 Å². The van der Waals surface area contributed by atoms with E-state index in [1.807, 2.05) is 24.3 Å². The maximum Gasteiger partial charge on any atom is 0.258 e. The Hall–Kier alpha value is -2.96. The molecule has 2 amide bonds. The molecule has 28 heavy (non-hydrogen) atoms. The number of carbonyl (C=O) groups excluding carboxylic acids is 2. The van der Waals surface area contributed by atoms with E-state index in [1.165, 1.54) is 0 Å². The van der Waals surface area contributed by atoms with Gasteiger partial charge in [-0.25, -0.2) is 4.39 Å². The minimum Gasteiger partial charge on any atom is -0.497 e. The fourth-order valence-corrected chi connectivity index (χ4v) is 3.25. The second-order valence-electron chi connectivity index (χ2n) is 6.91. The first-order valence-electron chi connectivity index (χ1n) is 9.27. The van der Waals surface area contributed by atoms with E-state index >= 15 is 4.39 Å². The van der Waals surface area contributed by atoms with E-state index in [1.54, 1.807) is 36.5 Å². The number of benzene rings is 1. The number of hydrogen-bond donors (Lipinski definition) is 1. The molecule has 0 bridgehead atoms. The van der Waals surface area contributed by atoms with Crippen LogP contribution in [0.25, 0.3) is 0 Å². The summed E-state index contributed by atoms with van der Waals surface area (Å²) in [6, 6.07) is 10.9. The van der Waals surface area contributed by atoms with Gasteiger partial charge in [-0.05, 0) is 35.4 Å². The van der Waals surface area contributed by atoms with Gasteiger partial charge in [0.05, 0.1) is 13.5 Å². The zero-order valence-corrected chi connectivity index (χ0v) is 15.9. The maximum atomic E-state index is 15.1. The second kappa shape index (κ2) is 8.82. The van der Waals surface area contributed by atoms with Crippen molar-refractivity contribution in [3.05, 3.63) is 59.9 Å². The number of piperidine rings is 1. The Balaban J connectivity index is 1.50. The first-order valence-corrected chi connectivity index (χ1v) is 9.27. The molecule has 0 aliphatic carbocycles. The van der Waals surface area contributed by atoms with Crippen LogP contribution in [0.2, 0.25) is 0 Å². The number of halogens is 1. The summed E-state index contributed by atoms with van der Waals surface area (Å²) in [6.07, 6.45) is 3.47. The zero-order chi connectivity index (χ0) is 20.0. The number of likely N-dealkylation sites (tertiary alicyclic amines) is 1. The molecule has 0 spiro atoms. The molecule has 1 aliphatic rings. The van der Waals surface area contributed by atoms with Gasteiger partial charge < -0.3 is 15.0 Å². The number of carbonyl (C=O) groups is 2. The van der Waals surface area contributed by atoms with Crippen LogP contribution in [0.5, 0.6) is 5.75 Å². The highest BCUT2D eigenvalue weighted by molar-refractivity contribution is 5.86. The van der Waals surface area contributed by atoms with Crippen LogP contribution >= 0.6 is 0 Å². The lowest BCUT2D eigenvalue weighted by Crippen LogP contribution is -2.52. The summed E-state index contributed by atoms with van der Waals surface area (Å²) in [5.41, 5.74) is -0.242. The van der Waals surface area contributed by atoms with Crippen LogP contribution in [0, 0.1) is 0 Å². The first kappa shape index (κ1) is 19.8. The molecule has 6 nitrogen and oxygen atoms in total. The highest BCUT2D eigenvalue weighted by atomic mass is 19.1. The van der Waals surface area contributed by atoms with Gasteiger partial charge in [0, 0.05) is 44.9 Å². The van der Waals surface area contributed by atoms with Crippen LogP contribution in [0.3, 0.4) is 0 Å². The molecule has 2 heterocycles. The Kier molecular flexibility index (Phi) is 6.23. The summed E-state index contributed by atoms with van der Waals surface area (Å²) in [5, 5.41) is 2.65. The number of nitrogens with one attached hydrogen (secondary N) is 1. The first-order chi connectivity index (χ1) is 13.5. The number of methoxy groups -OCH3 is 1. The van der Waals surface area contributed by atoms with Gasteiger partial charge in [-0.2, -0.15) is 0 Å². The summed E-state index contributed by atoms with van der Waals surface area (Å²) in [4.78, 5) is 30.4. The summed E-state index contributed by atoms with van der Waals surface area (Å²) < 4.78 is 20.2. The largest absolute Gasteiger partial charge is 0.497 e. The Bertz CT molecular complexity index is 821. The van der Waals surface area contributed by atoms with Crippen molar-refractivity contribution in [1.82, 2.24) is 15.2 Å². The van der Waals surface area contributed by atoms with Crippen molar-refractivity contribution in [2.45, 2.75) is 31.5 Å². The third kappa shape index (κ3) is 4.85. The third-order valence-corrected chi connectivity index (χ3v) is 5.01. The average Bonchev–Trinajstić information content (AvgIpc) is 2.73. The molecular weight excluding hydrogens is 361 g/mol. The standard InChI is InChI=1S/C21H24FN3O3/c1-28-18-4-2-3-17(13-18)14-19(26)25-11-7-21(22,8-12-25)20(27)24-15-16-5-9-23-10-6-16/h2-6,9-10,13H,7-8,11-12,14-15H2,1H3,(H,24,27). The number of amides is 2. The number of ether oxygens (including phenoxy) is 1. The van der Waals surface area contributed by atoms with Crippen molar-refractivity contribution in [3.8, 4) is 5.75 Å². The van der Waals surface area contributed by atoms with E-state index < -0.39 is 11.6 Å². The lowest BCUT2D eigenvalue weighted by Gasteiger charge is -2.35. The van der Waals surface area contributed by atoms with Crippen molar-refractivity contribution in [2.75, 3.05) is 20.2 Å². The minimum absolute atomic E-state index is 0.000963. The van der Waals surface area contributed by atoms with E-state index in [0.29, 0.717) is 5.75 Å². The fraction of sp³-hybridized carbons (Fsp3) is 0.381. The van der Waals surface area contributed by atoms with Gasteiger partial charge in [-0.1, -0.05) is 12.1 Å². The molecule has 1 N–H and O–H groups in total. The van der Waals surface area contributed by atoms with E-state index in [2.05, 4.69) is 10.3 Å². The van der Waals surface area contributed by atoms with Gasteiger partial charge >= 0.3 is 0 Å². The molecule has 0 unspecified atom stereocenters. The molecule has 0 saturated carbocycles. The van der Waals surface area contributed by atoms with Gasteiger partial charge in [0.15, 0.2) is 5.67 Å². The van der Waals surface area contributed by atoms with Crippen LogP contribution < -0.4 is 10.1 Å². The Morgan fingerprint density at radius 2 is 1.89 bits per heavy atom. The van der Waals surface area contributed by atoms with Crippen molar-refractivity contribution >= 4 is 11.8 Å². The van der Waals surface area contributed by atoms with E-state index in [9.17, 15) is 9.59 Å². The summed E-state index contributed by atoms with van der Waals surface area (Å²) in [7, 11) is 1.58. The van der Waals surface area contributed by atoms with Gasteiger partial charge in [0.25, 0.3) is 5.91 Å². The van der Waals surface area contributed by atoms with Crippen molar-refractivity contribution in [3.63, 3.8) is 0 Å². The molecule has 3 rings (SSSR count). The lowest BCUT2D eigenvalue weighted by molar-refractivity contribution is -0.142. The Morgan fingerprint density at radius 3 is 2.57 bits per heavy atom. The molecule has 2 aromatic rings. The van der Waals surface area contributed by atoms with Gasteiger partial charge in [0.1, 0.15) is 5.75 Å². The highest BCUT2D eigenvalue weighted by Crippen LogP contribution is 2.27. The van der Waals surface area contributed by atoms with Gasteiger partial charge in [0.2, 0.25) is 5.91 Å². The number of hydrogen-bond acceptors (Lipinski definition) is 4. The maximum absolute atomic E-state index is 15.1. The van der Waals surface area contributed by atoms with E-state index in [4.69, 9.17) is 4.74 Å². The van der Waals surface area contributed by atoms with Crippen LogP contribution in [-0.2, 0) is 22.6 Å². The molecule has 0 atom stereocenters. The molecule has 1 fully saturated rings. The van der Waals surface area contributed by atoms with E-state index in [-0.39, 0.29) is 44.8 Å². The third-order valence-electron chi connectivity index (χ3n) is 5.01. The quantitative estimate of drug-likeness (QED) is 0.828. The predicted molar refractivity (Wildman–Crippen MR) is 102 cm³/mol.